The molecule has 2 heterocycles. The smallest absolute Gasteiger partial charge is 0.314 e. The summed E-state index contributed by atoms with van der Waals surface area (Å²) in [6.07, 6.45) is -2.78. The third-order valence-electron chi connectivity index (χ3n) is 5.56. The van der Waals surface area contributed by atoms with E-state index in [0.29, 0.717) is 27.0 Å². The zero-order valence-electron chi connectivity index (χ0n) is 18.2. The largest absolute Gasteiger partial charge is 0.438 e. The fourth-order valence-electron chi connectivity index (χ4n) is 3.89. The molecule has 0 radical (unpaired) electrons. The van der Waals surface area contributed by atoms with E-state index in [1.54, 1.807) is 18.3 Å². The molecule has 1 unspecified atom stereocenters. The normalized spacial score (nSPS) is 11.9. The molecule has 5 rings (SSSR count). The average molecular weight is 530 g/mol. The van der Waals surface area contributed by atoms with E-state index in [1.165, 1.54) is 0 Å². The van der Waals surface area contributed by atoms with E-state index < -0.39 is 19.8 Å². The van der Waals surface area contributed by atoms with Gasteiger partial charge in [-0.05, 0) is 42.3 Å². The number of nitrogens with zero attached hydrogens (tertiary/aromatic N) is 3. The highest BCUT2D eigenvalue weighted by molar-refractivity contribution is 7.34. The highest BCUT2D eigenvalue weighted by atomic mass is 35.5. The van der Waals surface area contributed by atoms with Gasteiger partial charge < -0.3 is 4.57 Å². The fourth-order valence-corrected chi connectivity index (χ4v) is 5.25. The molecule has 3 aromatic carbocycles. The lowest BCUT2D eigenvalue weighted by atomic mass is 10.0. The lowest BCUT2D eigenvalue weighted by Gasteiger charge is -2.14. The molecule has 0 bridgehead atoms. The van der Waals surface area contributed by atoms with E-state index in [0.717, 1.165) is 22.3 Å². The van der Waals surface area contributed by atoms with Crippen LogP contribution in [0.2, 0.25) is 10.0 Å². The highest BCUT2D eigenvalue weighted by Gasteiger charge is 2.34. The summed E-state index contributed by atoms with van der Waals surface area (Å²) in [5.74, 6) is 0. The summed E-state index contributed by atoms with van der Waals surface area (Å²) >= 11 is 13.2. The zero-order chi connectivity index (χ0) is 24.7. The molecule has 3 nitrogen and oxygen atoms in total. The van der Waals surface area contributed by atoms with E-state index >= 15 is 0 Å². The van der Waals surface area contributed by atoms with Gasteiger partial charge in [0.15, 0.2) is 5.43 Å². The van der Waals surface area contributed by atoms with E-state index in [-0.39, 0.29) is 5.43 Å². The first-order valence-electron chi connectivity index (χ1n) is 10.6. The number of aryl methyl sites for hydroxylation is 1. The molecule has 0 fully saturated rings. The Labute approximate surface area is 211 Å². The summed E-state index contributed by atoms with van der Waals surface area (Å²) in [4.78, 5) is 0. The first kappa shape index (κ1) is 23.7. The van der Waals surface area contributed by atoms with Crippen LogP contribution in [0.15, 0.2) is 79.0 Å². The Morgan fingerprint density at radius 2 is 1.57 bits per heavy atom. The number of hydrogen-bond donors (Lipinski definition) is 0. The Morgan fingerprint density at radius 1 is 0.800 bits per heavy atom. The van der Waals surface area contributed by atoms with Crippen LogP contribution in [0, 0.1) is 6.92 Å². The minimum atomic E-state index is -4.51. The van der Waals surface area contributed by atoms with E-state index in [1.807, 2.05) is 66.1 Å². The number of alkyl halides is 3. The number of hydrogen-bond acceptors (Lipinski definition) is 2. The van der Waals surface area contributed by atoms with Gasteiger partial charge in [-0.25, -0.2) is 0 Å². The zero-order valence-corrected chi connectivity index (χ0v) is 20.7. The molecule has 0 N–H and O–H groups in total. The van der Waals surface area contributed by atoms with Gasteiger partial charge in [-0.3, -0.25) is 0 Å². The Bertz CT molecular complexity index is 1540. The summed E-state index contributed by atoms with van der Waals surface area (Å²) in [6, 6.07) is 22.9. The van der Waals surface area contributed by atoms with E-state index in [2.05, 4.69) is 16.3 Å². The van der Waals surface area contributed by atoms with Crippen molar-refractivity contribution in [3.05, 3.63) is 100 Å². The van der Waals surface area contributed by atoms with Crippen molar-refractivity contribution in [2.24, 2.45) is 0 Å². The first-order valence-corrected chi connectivity index (χ1v) is 12.3. The van der Waals surface area contributed by atoms with Gasteiger partial charge in [-0.1, -0.05) is 85.5 Å². The summed E-state index contributed by atoms with van der Waals surface area (Å²) in [6.45, 7) is 2.02. The molecule has 0 spiro atoms. The molecule has 0 aliphatic carbocycles. The Kier molecular flexibility index (Phi) is 6.22. The number of rotatable bonds is 4. The van der Waals surface area contributed by atoms with Crippen molar-refractivity contribution in [3.8, 4) is 39.1 Å². The highest BCUT2D eigenvalue weighted by Crippen LogP contribution is 2.42. The van der Waals surface area contributed by atoms with Crippen LogP contribution in [0.5, 0.6) is 0 Å². The van der Waals surface area contributed by atoms with E-state index in [9.17, 15) is 13.2 Å². The standard InChI is InChI=1S/C26H17Cl2F3N3P/c1-15-5-4-6-16(11-15)17-9-10-22(21(28)12-17)34-14-18(24-32-33-25(35-24)26(29,30)31)13-23(34)19-7-2-3-8-20(19)27/h2-14,35H,1H3. The van der Waals surface area contributed by atoms with Gasteiger partial charge in [0, 0.05) is 22.3 Å². The second-order valence-electron chi connectivity index (χ2n) is 8.02. The molecule has 0 aliphatic rings. The lowest BCUT2D eigenvalue weighted by molar-refractivity contribution is -0.137. The lowest BCUT2D eigenvalue weighted by Crippen LogP contribution is -2.02. The first-order chi connectivity index (χ1) is 16.7. The van der Waals surface area contributed by atoms with Crippen molar-refractivity contribution >= 4 is 31.4 Å². The molecule has 2 aromatic heterocycles. The van der Waals surface area contributed by atoms with Gasteiger partial charge in [0.2, 0.25) is 0 Å². The van der Waals surface area contributed by atoms with Crippen LogP contribution in [0.4, 0.5) is 13.2 Å². The predicted molar refractivity (Wildman–Crippen MR) is 137 cm³/mol. The van der Waals surface area contributed by atoms with Crippen LogP contribution >= 0.6 is 31.4 Å². The number of aromatic nitrogens is 3. The van der Waals surface area contributed by atoms with Gasteiger partial charge in [0.25, 0.3) is 0 Å². The summed E-state index contributed by atoms with van der Waals surface area (Å²) in [7, 11) is -0.687. The Hall–Kier alpha value is -3.05. The minimum absolute atomic E-state index is 0.261. The Balaban J connectivity index is 1.65. The van der Waals surface area contributed by atoms with Gasteiger partial charge in [-0.2, -0.15) is 13.2 Å². The molecule has 5 aromatic rings. The second kappa shape index (κ2) is 9.19. The van der Waals surface area contributed by atoms with Gasteiger partial charge in [-0.15, -0.1) is 10.2 Å². The molecule has 1 atom stereocenters. The molecule has 0 amide bonds. The third-order valence-corrected chi connectivity index (χ3v) is 7.44. The number of halogens is 5. The topological polar surface area (TPSA) is 30.7 Å². The maximum atomic E-state index is 13.1. The predicted octanol–water partition coefficient (Wildman–Crippen LogP) is 8.93. The molecule has 176 valence electrons. The van der Waals surface area contributed by atoms with Crippen molar-refractivity contribution in [2.45, 2.75) is 13.1 Å². The van der Waals surface area contributed by atoms with Gasteiger partial charge in [0.05, 0.1) is 16.4 Å². The molecule has 0 saturated heterocycles. The van der Waals surface area contributed by atoms with Crippen molar-refractivity contribution < 1.29 is 13.2 Å². The van der Waals surface area contributed by atoms with E-state index in [4.69, 9.17) is 23.2 Å². The van der Waals surface area contributed by atoms with Crippen molar-refractivity contribution in [1.82, 2.24) is 14.8 Å². The van der Waals surface area contributed by atoms with Crippen molar-refractivity contribution in [3.63, 3.8) is 0 Å². The van der Waals surface area contributed by atoms with Crippen LogP contribution in [0.1, 0.15) is 11.0 Å². The van der Waals surface area contributed by atoms with Crippen molar-refractivity contribution in [2.75, 3.05) is 0 Å². The maximum absolute atomic E-state index is 13.1. The summed E-state index contributed by atoms with van der Waals surface area (Å²) < 4.78 is 41.2. The molecule has 9 heteroatoms. The molecule has 0 aliphatic heterocycles. The summed E-state index contributed by atoms with van der Waals surface area (Å²) in [5.41, 5.74) is 5.11. The SMILES string of the molecule is Cc1cccc(-c2ccc(-n3cc(-c4nnc(C(F)(F)F)[pH]4)cc3-c3ccccc3Cl)c(Cl)c2)c1. The van der Waals surface area contributed by atoms with Crippen LogP contribution in [0.3, 0.4) is 0 Å². The minimum Gasteiger partial charge on any atom is -0.314 e. The van der Waals surface area contributed by atoms with Gasteiger partial charge >= 0.3 is 6.18 Å². The van der Waals surface area contributed by atoms with Gasteiger partial charge in [0.1, 0.15) is 5.43 Å². The Morgan fingerprint density at radius 3 is 2.26 bits per heavy atom. The second-order valence-corrected chi connectivity index (χ2v) is 10.0. The average Bonchev–Trinajstić information content (AvgIpc) is 3.47. The van der Waals surface area contributed by atoms with Crippen LogP contribution in [-0.4, -0.2) is 14.8 Å². The monoisotopic (exact) mass is 529 g/mol. The third kappa shape index (κ3) is 4.74. The quantitative estimate of drug-likeness (QED) is 0.232. The van der Waals surface area contributed by atoms with Crippen LogP contribution in [-0.2, 0) is 6.18 Å². The molecule has 0 saturated carbocycles. The molecule has 35 heavy (non-hydrogen) atoms. The maximum Gasteiger partial charge on any atom is 0.438 e. The molecular formula is C26H17Cl2F3N3P. The van der Waals surface area contributed by atoms with Crippen LogP contribution in [0.25, 0.3) is 39.1 Å². The number of benzene rings is 3. The molecular weight excluding hydrogens is 513 g/mol. The summed E-state index contributed by atoms with van der Waals surface area (Å²) in [5, 5.41) is 8.18. The van der Waals surface area contributed by atoms with Crippen LogP contribution < -0.4 is 0 Å². The fraction of sp³-hybridized carbons (Fsp3) is 0.0769. The van der Waals surface area contributed by atoms with Crippen molar-refractivity contribution in [1.29, 1.82) is 0 Å².